The SMILES string of the molecule is Nc1nsc(N2CCCC3CCCC32)n1. The third-order valence-corrected chi connectivity index (χ3v) is 4.44. The molecule has 2 fully saturated rings. The lowest BCUT2D eigenvalue weighted by atomic mass is 9.92. The van der Waals surface area contributed by atoms with Gasteiger partial charge in [-0.25, -0.2) is 0 Å². The predicted octanol–water partition coefficient (Wildman–Crippen LogP) is 1.89. The highest BCUT2D eigenvalue weighted by Gasteiger charge is 2.36. The quantitative estimate of drug-likeness (QED) is 0.791. The van der Waals surface area contributed by atoms with Crippen molar-refractivity contribution >= 4 is 22.6 Å². The van der Waals surface area contributed by atoms with Gasteiger partial charge in [-0.1, -0.05) is 6.42 Å². The van der Waals surface area contributed by atoms with Crippen molar-refractivity contribution in [2.45, 2.75) is 38.1 Å². The molecule has 1 saturated carbocycles. The number of aromatic nitrogens is 2. The van der Waals surface area contributed by atoms with Gasteiger partial charge in [-0.05, 0) is 31.6 Å². The molecule has 2 heterocycles. The van der Waals surface area contributed by atoms with Crippen LogP contribution in [-0.4, -0.2) is 21.9 Å². The standard InChI is InChI=1S/C10H16N4S/c11-9-12-10(15-13-9)14-6-2-4-7-3-1-5-8(7)14/h7-8H,1-6H2,(H2,11,13). The number of hydrogen-bond acceptors (Lipinski definition) is 5. The van der Waals surface area contributed by atoms with Crippen LogP contribution in [0.5, 0.6) is 0 Å². The van der Waals surface area contributed by atoms with E-state index in [0.717, 1.165) is 17.6 Å². The number of fused-ring (bicyclic) bond motifs is 1. The van der Waals surface area contributed by atoms with Crippen molar-refractivity contribution in [2.75, 3.05) is 17.2 Å². The van der Waals surface area contributed by atoms with Crippen LogP contribution < -0.4 is 10.6 Å². The van der Waals surface area contributed by atoms with E-state index in [4.69, 9.17) is 5.73 Å². The summed E-state index contributed by atoms with van der Waals surface area (Å²) in [5, 5.41) is 1.03. The molecule has 2 atom stereocenters. The molecular formula is C10H16N4S. The van der Waals surface area contributed by atoms with E-state index in [0.29, 0.717) is 12.0 Å². The number of nitrogens with zero attached hydrogens (tertiary/aromatic N) is 3. The molecule has 1 saturated heterocycles. The monoisotopic (exact) mass is 224 g/mol. The second kappa shape index (κ2) is 3.63. The largest absolute Gasteiger partial charge is 0.367 e. The molecule has 15 heavy (non-hydrogen) atoms. The minimum Gasteiger partial charge on any atom is -0.367 e. The van der Waals surface area contributed by atoms with Crippen LogP contribution in [0.2, 0.25) is 0 Å². The third-order valence-electron chi connectivity index (χ3n) is 3.67. The Morgan fingerprint density at radius 3 is 2.93 bits per heavy atom. The Morgan fingerprint density at radius 1 is 1.27 bits per heavy atom. The second-order valence-corrected chi connectivity index (χ2v) is 5.26. The molecule has 1 aromatic heterocycles. The average molecular weight is 224 g/mol. The van der Waals surface area contributed by atoms with Crippen LogP contribution in [0.3, 0.4) is 0 Å². The number of rotatable bonds is 1. The fraction of sp³-hybridized carbons (Fsp3) is 0.800. The van der Waals surface area contributed by atoms with E-state index in [1.807, 2.05) is 0 Å². The van der Waals surface area contributed by atoms with Crippen LogP contribution in [0.25, 0.3) is 0 Å². The van der Waals surface area contributed by atoms with E-state index in [9.17, 15) is 0 Å². The van der Waals surface area contributed by atoms with Crippen molar-refractivity contribution in [1.82, 2.24) is 9.36 Å². The molecule has 2 N–H and O–H groups in total. The number of nitrogens with two attached hydrogens (primary N) is 1. The summed E-state index contributed by atoms with van der Waals surface area (Å²) in [4.78, 5) is 6.75. The lowest BCUT2D eigenvalue weighted by Crippen LogP contribution is -2.42. The zero-order chi connectivity index (χ0) is 10.3. The third kappa shape index (κ3) is 1.58. The Labute approximate surface area is 93.7 Å². The van der Waals surface area contributed by atoms with Crippen molar-refractivity contribution < 1.29 is 0 Å². The molecule has 82 valence electrons. The van der Waals surface area contributed by atoms with Crippen molar-refractivity contribution in [3.8, 4) is 0 Å². The first-order valence-electron chi connectivity index (χ1n) is 5.70. The van der Waals surface area contributed by atoms with Gasteiger partial charge < -0.3 is 10.6 Å². The molecule has 0 radical (unpaired) electrons. The first-order chi connectivity index (χ1) is 7.34. The number of piperidine rings is 1. The summed E-state index contributed by atoms with van der Waals surface area (Å²) in [7, 11) is 0. The highest BCUT2D eigenvalue weighted by atomic mass is 32.1. The summed E-state index contributed by atoms with van der Waals surface area (Å²) in [6, 6.07) is 0.714. The van der Waals surface area contributed by atoms with Crippen LogP contribution in [-0.2, 0) is 0 Å². The highest BCUT2D eigenvalue weighted by Crippen LogP contribution is 2.39. The van der Waals surface area contributed by atoms with Crippen LogP contribution in [0.15, 0.2) is 0 Å². The number of anilines is 2. The summed E-state index contributed by atoms with van der Waals surface area (Å²) in [6.07, 6.45) is 6.79. The van der Waals surface area contributed by atoms with E-state index < -0.39 is 0 Å². The van der Waals surface area contributed by atoms with Gasteiger partial charge in [0.2, 0.25) is 11.1 Å². The lowest BCUT2D eigenvalue weighted by Gasteiger charge is -2.37. The van der Waals surface area contributed by atoms with Gasteiger partial charge in [0.25, 0.3) is 0 Å². The lowest BCUT2D eigenvalue weighted by molar-refractivity contribution is 0.362. The smallest absolute Gasteiger partial charge is 0.233 e. The number of hydrogen-bond donors (Lipinski definition) is 1. The zero-order valence-corrected chi connectivity index (χ0v) is 9.54. The Morgan fingerprint density at radius 2 is 2.13 bits per heavy atom. The Bertz CT molecular complexity index is 351. The van der Waals surface area contributed by atoms with E-state index >= 15 is 0 Å². The Hall–Kier alpha value is -0.840. The maximum absolute atomic E-state index is 5.58. The summed E-state index contributed by atoms with van der Waals surface area (Å²) in [6.45, 7) is 1.13. The predicted molar refractivity (Wildman–Crippen MR) is 62.0 cm³/mol. The van der Waals surface area contributed by atoms with Crippen molar-refractivity contribution in [3.63, 3.8) is 0 Å². The van der Waals surface area contributed by atoms with Crippen molar-refractivity contribution in [3.05, 3.63) is 0 Å². The molecule has 5 heteroatoms. The van der Waals surface area contributed by atoms with Crippen molar-refractivity contribution in [2.24, 2.45) is 5.92 Å². The van der Waals surface area contributed by atoms with Gasteiger partial charge >= 0.3 is 0 Å². The van der Waals surface area contributed by atoms with E-state index in [2.05, 4.69) is 14.3 Å². The highest BCUT2D eigenvalue weighted by molar-refractivity contribution is 7.09. The summed E-state index contributed by atoms with van der Waals surface area (Å²) in [5.41, 5.74) is 5.58. The minimum absolute atomic E-state index is 0.426. The molecule has 0 aromatic carbocycles. The normalized spacial score (nSPS) is 30.5. The molecule has 2 aliphatic rings. The second-order valence-electron chi connectivity index (χ2n) is 4.53. The van der Waals surface area contributed by atoms with Gasteiger partial charge in [0.05, 0.1) is 0 Å². The van der Waals surface area contributed by atoms with Gasteiger partial charge in [-0.2, -0.15) is 9.36 Å². The summed E-state index contributed by atoms with van der Waals surface area (Å²) in [5.74, 6) is 1.32. The van der Waals surface area contributed by atoms with Crippen LogP contribution >= 0.6 is 11.5 Å². The van der Waals surface area contributed by atoms with Crippen molar-refractivity contribution in [1.29, 1.82) is 0 Å². The van der Waals surface area contributed by atoms with Gasteiger partial charge in [0.1, 0.15) is 0 Å². The maximum Gasteiger partial charge on any atom is 0.233 e. The summed E-state index contributed by atoms with van der Waals surface area (Å²) >= 11 is 1.44. The van der Waals surface area contributed by atoms with Crippen LogP contribution in [0, 0.1) is 5.92 Å². The maximum atomic E-state index is 5.58. The fourth-order valence-electron chi connectivity index (χ4n) is 3.03. The first-order valence-corrected chi connectivity index (χ1v) is 6.48. The van der Waals surface area contributed by atoms with E-state index in [1.165, 1.54) is 43.6 Å². The minimum atomic E-state index is 0.426. The van der Waals surface area contributed by atoms with Crippen LogP contribution in [0.1, 0.15) is 32.1 Å². The molecule has 0 bridgehead atoms. The van der Waals surface area contributed by atoms with Crippen LogP contribution in [0.4, 0.5) is 11.1 Å². The Balaban J connectivity index is 1.85. The molecular weight excluding hydrogens is 208 g/mol. The van der Waals surface area contributed by atoms with Gasteiger partial charge in [-0.15, -0.1) is 0 Å². The summed E-state index contributed by atoms with van der Waals surface area (Å²) < 4.78 is 4.07. The molecule has 0 amide bonds. The molecule has 2 unspecified atom stereocenters. The molecule has 3 rings (SSSR count). The van der Waals surface area contributed by atoms with Gasteiger partial charge in [-0.3, -0.25) is 0 Å². The number of nitrogen functional groups attached to an aromatic ring is 1. The van der Waals surface area contributed by atoms with Gasteiger partial charge in [0, 0.05) is 24.1 Å². The average Bonchev–Trinajstić information content (AvgIpc) is 2.84. The Kier molecular flexibility index (Phi) is 2.27. The topological polar surface area (TPSA) is 55.0 Å². The molecule has 1 aliphatic carbocycles. The first kappa shape index (κ1) is 9.39. The fourth-order valence-corrected chi connectivity index (χ4v) is 3.72. The molecule has 1 aliphatic heterocycles. The van der Waals surface area contributed by atoms with E-state index in [1.54, 1.807) is 0 Å². The van der Waals surface area contributed by atoms with E-state index in [-0.39, 0.29) is 0 Å². The molecule has 0 spiro atoms. The zero-order valence-electron chi connectivity index (χ0n) is 8.72. The van der Waals surface area contributed by atoms with Gasteiger partial charge in [0.15, 0.2) is 0 Å². The molecule has 1 aromatic rings. The molecule has 4 nitrogen and oxygen atoms in total.